The summed E-state index contributed by atoms with van der Waals surface area (Å²) >= 11 is 0. The van der Waals surface area contributed by atoms with E-state index in [0.717, 1.165) is 37.7 Å². The van der Waals surface area contributed by atoms with Crippen LogP contribution in [0.3, 0.4) is 0 Å². The summed E-state index contributed by atoms with van der Waals surface area (Å²) in [7, 11) is 2.19. The molecular weight excluding hydrogens is 346 g/mol. The molecule has 4 rings (SSSR count). The quantitative estimate of drug-likeness (QED) is 0.830. The minimum Gasteiger partial charge on any atom is -0.356 e. The lowest BCUT2D eigenvalue weighted by molar-refractivity contribution is 0.180. The minimum atomic E-state index is 0.0353. The first-order chi connectivity index (χ1) is 13.7. The number of hydrogen-bond acceptors (Lipinski definition) is 5. The number of fused-ring (bicyclic) bond motifs is 1. The van der Waals surface area contributed by atoms with Crippen molar-refractivity contribution in [3.05, 3.63) is 41.0 Å². The Morgan fingerprint density at radius 2 is 1.61 bits per heavy atom. The SMILES string of the molecule is CC.CC.CC1=NC(c2cc3c(cn2)CCCC3)C=C(N2CCN(C)CC2)N1. The maximum absolute atomic E-state index is 4.79. The number of aryl methyl sites for hydroxylation is 2. The number of pyridine rings is 1. The second kappa shape index (κ2) is 11.2. The van der Waals surface area contributed by atoms with Crippen LogP contribution in [0.4, 0.5) is 0 Å². The van der Waals surface area contributed by atoms with E-state index in [-0.39, 0.29) is 6.04 Å². The number of nitrogens with zero attached hydrogens (tertiary/aromatic N) is 4. The Morgan fingerprint density at radius 3 is 2.29 bits per heavy atom. The average Bonchev–Trinajstić information content (AvgIpc) is 2.76. The summed E-state index contributed by atoms with van der Waals surface area (Å²) in [5, 5.41) is 3.45. The highest BCUT2D eigenvalue weighted by Crippen LogP contribution is 2.27. The van der Waals surface area contributed by atoms with Gasteiger partial charge in [-0.25, -0.2) is 0 Å². The third kappa shape index (κ3) is 5.57. The minimum absolute atomic E-state index is 0.0353. The second-order valence-electron chi connectivity index (χ2n) is 7.21. The molecule has 0 bridgehead atoms. The number of nitrogens with one attached hydrogen (secondary N) is 1. The van der Waals surface area contributed by atoms with E-state index in [1.54, 1.807) is 0 Å². The van der Waals surface area contributed by atoms with E-state index in [4.69, 9.17) is 9.98 Å². The van der Waals surface area contributed by atoms with Crippen LogP contribution in [0.1, 0.15) is 70.3 Å². The molecule has 1 N–H and O–H groups in total. The summed E-state index contributed by atoms with van der Waals surface area (Å²) < 4.78 is 0. The molecule has 0 aromatic carbocycles. The van der Waals surface area contributed by atoms with Crippen molar-refractivity contribution in [1.29, 1.82) is 0 Å². The molecule has 1 unspecified atom stereocenters. The van der Waals surface area contributed by atoms with Crippen LogP contribution in [0.5, 0.6) is 0 Å². The van der Waals surface area contributed by atoms with Gasteiger partial charge in [0.2, 0.25) is 0 Å². The van der Waals surface area contributed by atoms with Gasteiger partial charge in [-0.2, -0.15) is 0 Å². The first-order valence-corrected chi connectivity index (χ1v) is 11.1. The van der Waals surface area contributed by atoms with E-state index < -0.39 is 0 Å². The van der Waals surface area contributed by atoms with Gasteiger partial charge in [0.15, 0.2) is 0 Å². The Bertz CT molecular complexity index is 672. The number of rotatable bonds is 2. The molecule has 5 heteroatoms. The Morgan fingerprint density at radius 1 is 0.964 bits per heavy atom. The first kappa shape index (κ1) is 22.4. The van der Waals surface area contributed by atoms with Gasteiger partial charge >= 0.3 is 0 Å². The molecule has 3 aliphatic rings. The van der Waals surface area contributed by atoms with E-state index in [1.807, 2.05) is 27.7 Å². The van der Waals surface area contributed by atoms with Gasteiger partial charge in [-0.1, -0.05) is 27.7 Å². The zero-order valence-electron chi connectivity index (χ0n) is 18.8. The van der Waals surface area contributed by atoms with Crippen LogP contribution in [-0.2, 0) is 12.8 Å². The smallest absolute Gasteiger partial charge is 0.116 e. The van der Waals surface area contributed by atoms with Gasteiger partial charge < -0.3 is 15.1 Å². The number of likely N-dealkylation sites (N-methyl/N-ethyl adjacent to an activating group) is 1. The molecule has 1 saturated heterocycles. The molecule has 5 nitrogen and oxygen atoms in total. The standard InChI is InChI=1S/C19H27N5.2C2H6/c1-14-21-18(12-19(22-14)24-9-7-23(2)8-10-24)17-11-15-5-3-4-6-16(15)13-20-17;2*1-2/h11-13,18H,3-10H2,1-2H3,(H,21,22);2*1-2H3. The van der Waals surface area contributed by atoms with Crippen molar-refractivity contribution < 1.29 is 0 Å². The number of piperazine rings is 1. The highest BCUT2D eigenvalue weighted by molar-refractivity contribution is 5.82. The summed E-state index contributed by atoms with van der Waals surface area (Å²) in [5.74, 6) is 2.18. The molecule has 1 aromatic heterocycles. The van der Waals surface area contributed by atoms with E-state index in [9.17, 15) is 0 Å². The molecule has 156 valence electrons. The summed E-state index contributed by atoms with van der Waals surface area (Å²) in [5.41, 5.74) is 4.00. The fraction of sp³-hybridized carbons (Fsp3) is 0.652. The lowest BCUT2D eigenvalue weighted by atomic mass is 9.92. The fourth-order valence-electron chi connectivity index (χ4n) is 3.83. The van der Waals surface area contributed by atoms with E-state index in [0.29, 0.717) is 0 Å². The molecular formula is C23H39N5. The molecule has 1 aliphatic carbocycles. The van der Waals surface area contributed by atoms with Crippen LogP contribution in [0.15, 0.2) is 29.2 Å². The lowest BCUT2D eigenvalue weighted by Crippen LogP contribution is -2.47. The van der Waals surface area contributed by atoms with Crippen molar-refractivity contribution in [1.82, 2.24) is 20.1 Å². The Balaban J connectivity index is 0.000000660. The topological polar surface area (TPSA) is 43.8 Å². The third-order valence-electron chi connectivity index (χ3n) is 5.35. The maximum Gasteiger partial charge on any atom is 0.116 e. The van der Waals surface area contributed by atoms with Gasteiger partial charge in [-0.05, 0) is 62.9 Å². The fourth-order valence-corrected chi connectivity index (χ4v) is 3.83. The van der Waals surface area contributed by atoms with Crippen LogP contribution in [0, 0.1) is 0 Å². The van der Waals surface area contributed by atoms with Crippen molar-refractivity contribution in [3.63, 3.8) is 0 Å². The second-order valence-corrected chi connectivity index (χ2v) is 7.21. The van der Waals surface area contributed by atoms with Crippen LogP contribution in [0.25, 0.3) is 0 Å². The zero-order chi connectivity index (χ0) is 20.5. The predicted octanol–water partition coefficient (Wildman–Crippen LogP) is 4.16. The number of aliphatic imine (C=N–C) groups is 1. The van der Waals surface area contributed by atoms with Crippen LogP contribution in [-0.4, -0.2) is 53.8 Å². The molecule has 1 fully saturated rings. The largest absolute Gasteiger partial charge is 0.356 e. The highest BCUT2D eigenvalue weighted by Gasteiger charge is 2.23. The maximum atomic E-state index is 4.79. The summed E-state index contributed by atoms with van der Waals surface area (Å²) in [6, 6.07) is 2.33. The van der Waals surface area contributed by atoms with Gasteiger partial charge in [-0.15, -0.1) is 0 Å². The third-order valence-corrected chi connectivity index (χ3v) is 5.35. The Kier molecular flexibility index (Phi) is 8.97. The van der Waals surface area contributed by atoms with Crippen LogP contribution < -0.4 is 5.32 Å². The molecule has 1 aromatic rings. The van der Waals surface area contributed by atoms with Crippen molar-refractivity contribution in [2.75, 3.05) is 33.2 Å². The molecule has 0 radical (unpaired) electrons. The Hall–Kier alpha value is -1.88. The molecule has 2 aliphatic heterocycles. The average molecular weight is 386 g/mol. The summed E-state index contributed by atoms with van der Waals surface area (Å²) in [6.45, 7) is 14.4. The predicted molar refractivity (Wildman–Crippen MR) is 120 cm³/mol. The molecule has 1 atom stereocenters. The molecule has 28 heavy (non-hydrogen) atoms. The Labute approximate surface area is 171 Å². The highest BCUT2D eigenvalue weighted by atomic mass is 15.3. The molecule has 3 heterocycles. The molecule has 0 spiro atoms. The number of amidine groups is 1. The number of aromatic nitrogens is 1. The molecule has 0 saturated carbocycles. The summed E-state index contributed by atoms with van der Waals surface area (Å²) in [6.07, 6.45) is 9.29. The van der Waals surface area contributed by atoms with Crippen molar-refractivity contribution in [3.8, 4) is 0 Å². The zero-order valence-corrected chi connectivity index (χ0v) is 18.8. The van der Waals surface area contributed by atoms with Gasteiger partial charge in [0, 0.05) is 32.4 Å². The van der Waals surface area contributed by atoms with Crippen LogP contribution in [0.2, 0.25) is 0 Å². The number of hydrogen-bond donors (Lipinski definition) is 1. The van der Waals surface area contributed by atoms with Gasteiger partial charge in [0.25, 0.3) is 0 Å². The van der Waals surface area contributed by atoms with Crippen molar-refractivity contribution >= 4 is 5.84 Å². The normalized spacial score (nSPS) is 21.6. The van der Waals surface area contributed by atoms with E-state index in [1.165, 1.54) is 42.6 Å². The summed E-state index contributed by atoms with van der Waals surface area (Å²) in [4.78, 5) is 14.3. The van der Waals surface area contributed by atoms with Crippen molar-refractivity contribution in [2.24, 2.45) is 4.99 Å². The van der Waals surface area contributed by atoms with Gasteiger partial charge in [0.05, 0.1) is 11.5 Å². The van der Waals surface area contributed by atoms with E-state index in [2.05, 4.69) is 47.4 Å². The monoisotopic (exact) mass is 385 g/mol. The van der Waals surface area contributed by atoms with Gasteiger partial charge in [0.1, 0.15) is 11.9 Å². The van der Waals surface area contributed by atoms with Crippen molar-refractivity contribution in [2.45, 2.75) is 66.3 Å². The lowest BCUT2D eigenvalue weighted by Gasteiger charge is -2.37. The van der Waals surface area contributed by atoms with Crippen LogP contribution >= 0.6 is 0 Å². The first-order valence-electron chi connectivity index (χ1n) is 11.1. The van der Waals surface area contributed by atoms with Gasteiger partial charge in [-0.3, -0.25) is 9.98 Å². The van der Waals surface area contributed by atoms with E-state index >= 15 is 0 Å². The molecule has 0 amide bonds.